The van der Waals surface area contributed by atoms with Crippen LogP contribution in [0, 0.1) is 11.3 Å². The quantitative estimate of drug-likeness (QED) is 0.760. The average molecular weight is 273 g/mol. The fourth-order valence-corrected chi connectivity index (χ4v) is 1.91. The number of nitriles is 1. The number of imidazole rings is 1. The number of fused-ring (bicyclic) bond motifs is 1. The van der Waals surface area contributed by atoms with Crippen molar-refractivity contribution < 1.29 is 9.53 Å². The maximum absolute atomic E-state index is 11.8. The minimum Gasteiger partial charge on any atom is -0.383 e. The SMILES string of the molecule is COCCNC(=O)Cn1c(N)nc2c(C#N)cccc21. The van der Waals surface area contributed by atoms with Crippen LogP contribution in [0.15, 0.2) is 18.2 Å². The molecular weight excluding hydrogens is 258 g/mol. The van der Waals surface area contributed by atoms with Gasteiger partial charge in [-0.2, -0.15) is 5.26 Å². The topological polar surface area (TPSA) is 106 Å². The second-order valence-corrected chi connectivity index (χ2v) is 4.18. The normalized spacial score (nSPS) is 10.4. The van der Waals surface area contributed by atoms with Gasteiger partial charge < -0.3 is 20.4 Å². The third-order valence-electron chi connectivity index (χ3n) is 2.86. The molecular formula is C13H15N5O2. The number of hydrogen-bond donors (Lipinski definition) is 2. The lowest BCUT2D eigenvalue weighted by Gasteiger charge is -2.07. The van der Waals surface area contributed by atoms with Gasteiger partial charge in [0.05, 0.1) is 17.7 Å². The highest BCUT2D eigenvalue weighted by Crippen LogP contribution is 2.20. The number of anilines is 1. The number of nitrogens with two attached hydrogens (primary N) is 1. The minimum atomic E-state index is -0.185. The molecule has 0 aliphatic rings. The van der Waals surface area contributed by atoms with E-state index in [1.165, 1.54) is 0 Å². The molecule has 7 heteroatoms. The van der Waals surface area contributed by atoms with Crippen LogP contribution >= 0.6 is 0 Å². The Hall–Kier alpha value is -2.59. The number of para-hydroxylation sites is 1. The number of ether oxygens (including phenoxy) is 1. The standard InChI is InChI=1S/C13H15N5O2/c1-20-6-5-16-11(19)8-18-10-4-2-3-9(7-14)12(10)17-13(18)15/h2-4H,5-6,8H2,1H3,(H2,15,17)(H,16,19). The van der Waals surface area contributed by atoms with Crippen molar-refractivity contribution in [1.82, 2.24) is 14.9 Å². The molecule has 1 amide bonds. The van der Waals surface area contributed by atoms with E-state index in [0.29, 0.717) is 29.7 Å². The molecule has 0 bridgehead atoms. The molecule has 0 unspecified atom stereocenters. The molecule has 0 fully saturated rings. The maximum atomic E-state index is 11.8. The zero-order valence-corrected chi connectivity index (χ0v) is 11.1. The molecule has 1 aromatic heterocycles. The highest BCUT2D eigenvalue weighted by Gasteiger charge is 2.13. The van der Waals surface area contributed by atoms with Gasteiger partial charge in [-0.15, -0.1) is 0 Å². The Bertz CT molecular complexity index is 671. The molecule has 104 valence electrons. The van der Waals surface area contributed by atoms with E-state index in [4.69, 9.17) is 15.7 Å². The molecule has 2 rings (SSSR count). The largest absolute Gasteiger partial charge is 0.383 e. The number of nitrogens with one attached hydrogen (secondary N) is 1. The molecule has 0 saturated carbocycles. The van der Waals surface area contributed by atoms with Crippen molar-refractivity contribution in [2.24, 2.45) is 0 Å². The fourth-order valence-electron chi connectivity index (χ4n) is 1.91. The van der Waals surface area contributed by atoms with E-state index >= 15 is 0 Å². The number of rotatable bonds is 5. The van der Waals surface area contributed by atoms with Crippen molar-refractivity contribution >= 4 is 22.9 Å². The van der Waals surface area contributed by atoms with Crippen molar-refractivity contribution in [3.8, 4) is 6.07 Å². The number of carbonyl (C=O) groups excluding carboxylic acids is 1. The Balaban J connectivity index is 2.24. The van der Waals surface area contributed by atoms with Gasteiger partial charge in [-0.1, -0.05) is 6.07 Å². The molecule has 0 aliphatic carbocycles. The third kappa shape index (κ3) is 2.70. The number of methoxy groups -OCH3 is 1. The summed E-state index contributed by atoms with van der Waals surface area (Å²) in [5, 5.41) is 11.7. The first-order valence-electron chi connectivity index (χ1n) is 6.08. The summed E-state index contributed by atoms with van der Waals surface area (Å²) in [6.45, 7) is 0.941. The van der Waals surface area contributed by atoms with Crippen LogP contribution in [0.4, 0.5) is 5.95 Å². The van der Waals surface area contributed by atoms with E-state index in [1.807, 2.05) is 0 Å². The highest BCUT2D eigenvalue weighted by molar-refractivity contribution is 5.86. The zero-order valence-electron chi connectivity index (χ0n) is 11.1. The van der Waals surface area contributed by atoms with Crippen LogP contribution < -0.4 is 11.1 Å². The number of carbonyl (C=O) groups is 1. The second kappa shape index (κ2) is 6.04. The number of benzene rings is 1. The summed E-state index contributed by atoms with van der Waals surface area (Å²) in [5.41, 5.74) is 7.44. The summed E-state index contributed by atoms with van der Waals surface area (Å²) >= 11 is 0. The molecule has 3 N–H and O–H groups in total. The van der Waals surface area contributed by atoms with Gasteiger partial charge in [-0.3, -0.25) is 4.79 Å². The van der Waals surface area contributed by atoms with Gasteiger partial charge in [0.15, 0.2) is 0 Å². The maximum Gasteiger partial charge on any atom is 0.240 e. The molecule has 0 aliphatic heterocycles. The summed E-state index contributed by atoms with van der Waals surface area (Å²) < 4.78 is 6.44. The minimum absolute atomic E-state index is 0.0565. The van der Waals surface area contributed by atoms with Gasteiger partial charge in [0.1, 0.15) is 18.1 Å². The van der Waals surface area contributed by atoms with Crippen molar-refractivity contribution in [2.45, 2.75) is 6.54 Å². The molecule has 20 heavy (non-hydrogen) atoms. The summed E-state index contributed by atoms with van der Waals surface area (Å²) in [4.78, 5) is 15.9. The molecule has 1 aromatic carbocycles. The lowest BCUT2D eigenvalue weighted by Crippen LogP contribution is -2.30. The Labute approximate surface area is 115 Å². The van der Waals surface area contributed by atoms with E-state index in [9.17, 15) is 4.79 Å². The number of aromatic nitrogens is 2. The first-order valence-corrected chi connectivity index (χ1v) is 6.08. The van der Waals surface area contributed by atoms with Gasteiger partial charge in [-0.25, -0.2) is 4.98 Å². The van der Waals surface area contributed by atoms with Gasteiger partial charge in [-0.05, 0) is 12.1 Å². The van der Waals surface area contributed by atoms with Crippen LogP contribution in [0.3, 0.4) is 0 Å². The van der Waals surface area contributed by atoms with Crippen molar-refractivity contribution in [1.29, 1.82) is 5.26 Å². The molecule has 0 radical (unpaired) electrons. The summed E-state index contributed by atoms with van der Waals surface area (Å²) in [6.07, 6.45) is 0. The second-order valence-electron chi connectivity index (χ2n) is 4.18. The van der Waals surface area contributed by atoms with Crippen LogP contribution in [-0.4, -0.2) is 35.7 Å². The van der Waals surface area contributed by atoms with E-state index in [1.54, 1.807) is 29.9 Å². The predicted molar refractivity (Wildman–Crippen MR) is 73.7 cm³/mol. The summed E-state index contributed by atoms with van der Waals surface area (Å²) in [7, 11) is 1.57. The smallest absolute Gasteiger partial charge is 0.240 e. The number of nitrogen functional groups attached to an aromatic ring is 1. The number of nitrogens with zero attached hydrogens (tertiary/aromatic N) is 3. The Morgan fingerprint density at radius 1 is 1.60 bits per heavy atom. The van der Waals surface area contributed by atoms with Crippen LogP contribution in [-0.2, 0) is 16.1 Å². The van der Waals surface area contributed by atoms with Crippen LogP contribution in [0.1, 0.15) is 5.56 Å². The summed E-state index contributed by atoms with van der Waals surface area (Å²) in [6, 6.07) is 7.24. The number of amides is 1. The van der Waals surface area contributed by atoms with E-state index < -0.39 is 0 Å². The molecule has 2 aromatic rings. The van der Waals surface area contributed by atoms with E-state index in [0.717, 1.165) is 0 Å². The zero-order chi connectivity index (χ0) is 14.5. The lowest BCUT2D eigenvalue weighted by molar-refractivity contribution is -0.121. The number of hydrogen-bond acceptors (Lipinski definition) is 5. The summed E-state index contributed by atoms with van der Waals surface area (Å²) in [5.74, 6) is 0.0278. The monoisotopic (exact) mass is 273 g/mol. The van der Waals surface area contributed by atoms with Gasteiger partial charge in [0.2, 0.25) is 11.9 Å². The lowest BCUT2D eigenvalue weighted by atomic mass is 10.2. The first-order chi connectivity index (χ1) is 9.67. The molecule has 0 atom stereocenters. The average Bonchev–Trinajstić information content (AvgIpc) is 2.75. The molecule has 0 saturated heterocycles. The van der Waals surface area contributed by atoms with Crippen molar-refractivity contribution in [3.63, 3.8) is 0 Å². The fraction of sp³-hybridized carbons (Fsp3) is 0.308. The van der Waals surface area contributed by atoms with Crippen LogP contribution in [0.25, 0.3) is 11.0 Å². The Morgan fingerprint density at radius 3 is 3.10 bits per heavy atom. The van der Waals surface area contributed by atoms with Crippen molar-refractivity contribution in [3.05, 3.63) is 23.8 Å². The Morgan fingerprint density at radius 2 is 2.40 bits per heavy atom. The van der Waals surface area contributed by atoms with Gasteiger partial charge in [0, 0.05) is 13.7 Å². The van der Waals surface area contributed by atoms with Gasteiger partial charge >= 0.3 is 0 Å². The van der Waals surface area contributed by atoms with Crippen LogP contribution in [0.2, 0.25) is 0 Å². The molecule has 0 spiro atoms. The van der Waals surface area contributed by atoms with E-state index in [-0.39, 0.29) is 18.4 Å². The van der Waals surface area contributed by atoms with Crippen molar-refractivity contribution in [2.75, 3.05) is 26.0 Å². The predicted octanol–water partition coefficient (Wildman–Crippen LogP) is 0.253. The third-order valence-corrected chi connectivity index (χ3v) is 2.86. The van der Waals surface area contributed by atoms with E-state index in [2.05, 4.69) is 16.4 Å². The molecule has 7 nitrogen and oxygen atoms in total. The van der Waals surface area contributed by atoms with Crippen LogP contribution in [0.5, 0.6) is 0 Å². The molecule has 1 heterocycles. The first kappa shape index (κ1) is 13.8. The highest BCUT2D eigenvalue weighted by atomic mass is 16.5. The Kier molecular flexibility index (Phi) is 4.17. The van der Waals surface area contributed by atoms with Gasteiger partial charge in [0.25, 0.3) is 0 Å².